The molecule has 0 bridgehead atoms. The van der Waals surface area contributed by atoms with Crippen molar-refractivity contribution in [1.82, 2.24) is 9.97 Å². The van der Waals surface area contributed by atoms with Crippen molar-refractivity contribution in [2.45, 2.75) is 29.9 Å². The van der Waals surface area contributed by atoms with Crippen LogP contribution in [0.25, 0.3) is 10.9 Å². The molecule has 0 aliphatic carbocycles. The van der Waals surface area contributed by atoms with Gasteiger partial charge < -0.3 is 4.98 Å². The van der Waals surface area contributed by atoms with Gasteiger partial charge in [-0.05, 0) is 42.3 Å². The molecule has 0 amide bonds. The summed E-state index contributed by atoms with van der Waals surface area (Å²) in [6.45, 7) is 1.98. The van der Waals surface area contributed by atoms with Gasteiger partial charge >= 0.3 is 6.18 Å². The van der Waals surface area contributed by atoms with Crippen molar-refractivity contribution in [3.05, 3.63) is 69.0 Å². The molecule has 1 unspecified atom stereocenters. The maximum absolute atomic E-state index is 12.8. The number of nitrogens with zero attached hydrogens (tertiary/aromatic N) is 1. The molecule has 1 heterocycles. The van der Waals surface area contributed by atoms with E-state index in [-0.39, 0.29) is 16.2 Å². The Morgan fingerprint density at radius 3 is 2.54 bits per heavy atom. The zero-order valence-corrected chi connectivity index (χ0v) is 15.2. The number of fused-ring (bicyclic) bond motifs is 1. The normalized spacial score (nSPS) is 13.1. The molecule has 0 aliphatic heterocycles. The molecule has 0 aliphatic rings. The van der Waals surface area contributed by atoms with Crippen LogP contribution in [0.2, 0.25) is 5.02 Å². The Bertz CT molecular complexity index is 986. The van der Waals surface area contributed by atoms with Gasteiger partial charge in [0.2, 0.25) is 0 Å². The number of H-pyrrole nitrogens is 1. The third kappa shape index (κ3) is 4.40. The highest BCUT2D eigenvalue weighted by Gasteiger charge is 2.30. The highest BCUT2D eigenvalue weighted by molar-refractivity contribution is 7.99. The summed E-state index contributed by atoms with van der Waals surface area (Å²) in [5.74, 6) is 0. The van der Waals surface area contributed by atoms with E-state index in [1.54, 1.807) is 0 Å². The van der Waals surface area contributed by atoms with Gasteiger partial charge in [0.15, 0.2) is 5.16 Å². The summed E-state index contributed by atoms with van der Waals surface area (Å²) >= 11 is 7.22. The van der Waals surface area contributed by atoms with E-state index in [2.05, 4.69) is 9.97 Å². The van der Waals surface area contributed by atoms with Crippen LogP contribution in [0.3, 0.4) is 0 Å². The standard InChI is InChI=1S/C18H14ClF3N2OS/c1-10(8-11-2-5-13(19)6-3-11)26-17-23-15-7-4-12(18(20,21)22)9-14(15)16(25)24-17/h2-7,9-10H,8H2,1H3,(H,23,24,25). The number of thioether (sulfide) groups is 1. The summed E-state index contributed by atoms with van der Waals surface area (Å²) in [7, 11) is 0. The van der Waals surface area contributed by atoms with E-state index in [1.165, 1.54) is 17.8 Å². The fourth-order valence-corrected chi connectivity index (χ4v) is 3.62. The van der Waals surface area contributed by atoms with E-state index in [9.17, 15) is 18.0 Å². The number of hydrogen-bond donors (Lipinski definition) is 1. The number of rotatable bonds is 4. The van der Waals surface area contributed by atoms with Crippen LogP contribution in [-0.2, 0) is 12.6 Å². The van der Waals surface area contributed by atoms with Gasteiger partial charge in [-0.3, -0.25) is 4.79 Å². The lowest BCUT2D eigenvalue weighted by molar-refractivity contribution is -0.137. The Hall–Kier alpha value is -1.99. The molecule has 0 radical (unpaired) electrons. The van der Waals surface area contributed by atoms with Gasteiger partial charge in [-0.25, -0.2) is 4.98 Å². The quantitative estimate of drug-likeness (QED) is 0.478. The van der Waals surface area contributed by atoms with Gasteiger partial charge in [0.25, 0.3) is 5.56 Å². The highest BCUT2D eigenvalue weighted by atomic mass is 35.5. The molecule has 0 spiro atoms. The van der Waals surface area contributed by atoms with Gasteiger partial charge in [0.05, 0.1) is 16.5 Å². The molecule has 1 aromatic heterocycles. The molecule has 2 aromatic carbocycles. The average Bonchev–Trinajstić information content (AvgIpc) is 2.56. The number of nitrogens with one attached hydrogen (secondary N) is 1. The van der Waals surface area contributed by atoms with Crippen LogP contribution >= 0.6 is 23.4 Å². The molecule has 1 N–H and O–H groups in total. The molecule has 3 rings (SSSR count). The number of aromatic amines is 1. The summed E-state index contributed by atoms with van der Waals surface area (Å²) in [4.78, 5) is 19.0. The second kappa shape index (κ2) is 7.32. The molecule has 3 aromatic rings. The minimum absolute atomic E-state index is 0.0745. The van der Waals surface area contributed by atoms with Gasteiger partial charge in [-0.15, -0.1) is 0 Å². The third-order valence-electron chi connectivity index (χ3n) is 3.76. The number of benzene rings is 2. The molecule has 0 saturated heterocycles. The fourth-order valence-electron chi connectivity index (χ4n) is 2.53. The molecule has 8 heteroatoms. The van der Waals surface area contributed by atoms with Crippen molar-refractivity contribution < 1.29 is 13.2 Å². The predicted octanol–water partition coefficient (Wildman–Crippen LogP) is 5.32. The number of hydrogen-bond acceptors (Lipinski definition) is 3. The minimum atomic E-state index is -4.50. The number of aromatic nitrogens is 2. The van der Waals surface area contributed by atoms with E-state index in [0.29, 0.717) is 10.2 Å². The first-order valence-electron chi connectivity index (χ1n) is 7.75. The molecule has 26 heavy (non-hydrogen) atoms. The predicted molar refractivity (Wildman–Crippen MR) is 97.8 cm³/mol. The van der Waals surface area contributed by atoms with Gasteiger partial charge in [0, 0.05) is 10.3 Å². The van der Waals surface area contributed by atoms with Crippen molar-refractivity contribution in [3.63, 3.8) is 0 Å². The maximum Gasteiger partial charge on any atom is 0.416 e. The second-order valence-electron chi connectivity index (χ2n) is 5.86. The zero-order chi connectivity index (χ0) is 18.9. The van der Waals surface area contributed by atoms with Crippen LogP contribution in [0.1, 0.15) is 18.1 Å². The largest absolute Gasteiger partial charge is 0.416 e. The Morgan fingerprint density at radius 1 is 1.19 bits per heavy atom. The summed E-state index contributed by atoms with van der Waals surface area (Å²) in [6.07, 6.45) is -3.77. The van der Waals surface area contributed by atoms with Gasteiger partial charge in [-0.2, -0.15) is 13.2 Å². The van der Waals surface area contributed by atoms with Crippen molar-refractivity contribution in [2.24, 2.45) is 0 Å². The van der Waals surface area contributed by atoms with E-state index in [4.69, 9.17) is 11.6 Å². The Morgan fingerprint density at radius 2 is 1.88 bits per heavy atom. The first-order valence-corrected chi connectivity index (χ1v) is 9.00. The van der Waals surface area contributed by atoms with Crippen molar-refractivity contribution in [1.29, 1.82) is 0 Å². The van der Waals surface area contributed by atoms with E-state index < -0.39 is 17.3 Å². The maximum atomic E-state index is 12.8. The summed E-state index contributed by atoms with van der Waals surface area (Å²) in [5.41, 5.74) is -0.119. The van der Waals surface area contributed by atoms with Crippen LogP contribution in [0.4, 0.5) is 13.2 Å². The molecule has 3 nitrogen and oxygen atoms in total. The van der Waals surface area contributed by atoms with Crippen molar-refractivity contribution >= 4 is 34.3 Å². The smallest absolute Gasteiger partial charge is 0.301 e. The Labute approximate surface area is 156 Å². The second-order valence-corrected chi connectivity index (χ2v) is 7.72. The van der Waals surface area contributed by atoms with Crippen LogP contribution in [0.5, 0.6) is 0 Å². The van der Waals surface area contributed by atoms with Gasteiger partial charge in [0.1, 0.15) is 0 Å². The molecular weight excluding hydrogens is 385 g/mol. The first-order chi connectivity index (χ1) is 12.2. The summed E-state index contributed by atoms with van der Waals surface area (Å²) in [6, 6.07) is 10.4. The average molecular weight is 399 g/mol. The SMILES string of the molecule is CC(Cc1ccc(Cl)cc1)Sc1nc2ccc(C(F)(F)F)cc2c(=O)[nH]1. The van der Waals surface area contributed by atoms with Crippen LogP contribution in [0.15, 0.2) is 52.4 Å². The summed E-state index contributed by atoms with van der Waals surface area (Å²) in [5, 5.41) is 1.07. The minimum Gasteiger partial charge on any atom is -0.301 e. The first kappa shape index (κ1) is 18.8. The van der Waals surface area contributed by atoms with Crippen LogP contribution < -0.4 is 5.56 Å². The lowest BCUT2D eigenvalue weighted by atomic mass is 10.1. The lowest BCUT2D eigenvalue weighted by Crippen LogP contribution is -2.13. The molecule has 0 saturated carbocycles. The third-order valence-corrected chi connectivity index (χ3v) is 5.00. The Balaban J connectivity index is 1.82. The zero-order valence-electron chi connectivity index (χ0n) is 13.6. The monoisotopic (exact) mass is 398 g/mol. The van der Waals surface area contributed by atoms with E-state index >= 15 is 0 Å². The molecule has 0 fully saturated rings. The fraction of sp³-hybridized carbons (Fsp3) is 0.222. The molecular formula is C18H14ClF3N2OS. The van der Waals surface area contributed by atoms with E-state index in [0.717, 1.165) is 24.1 Å². The summed E-state index contributed by atoms with van der Waals surface area (Å²) < 4.78 is 38.4. The number of alkyl halides is 3. The lowest BCUT2D eigenvalue weighted by Gasteiger charge is -2.11. The van der Waals surface area contributed by atoms with Crippen molar-refractivity contribution in [2.75, 3.05) is 0 Å². The van der Waals surface area contributed by atoms with Crippen molar-refractivity contribution in [3.8, 4) is 0 Å². The number of halogens is 4. The highest BCUT2D eigenvalue weighted by Crippen LogP contribution is 2.31. The topological polar surface area (TPSA) is 45.8 Å². The molecule has 1 atom stereocenters. The molecule has 136 valence electrons. The van der Waals surface area contributed by atoms with Crippen LogP contribution in [0, 0.1) is 0 Å². The van der Waals surface area contributed by atoms with Gasteiger partial charge in [-0.1, -0.05) is 42.4 Å². The Kier molecular flexibility index (Phi) is 5.29. The van der Waals surface area contributed by atoms with Crippen LogP contribution in [-0.4, -0.2) is 15.2 Å². The van der Waals surface area contributed by atoms with E-state index in [1.807, 2.05) is 31.2 Å².